The molecule has 3 nitrogen and oxygen atoms in total. The maximum absolute atomic E-state index is 9.61. The fourth-order valence-corrected chi connectivity index (χ4v) is 1.49. The van der Waals surface area contributed by atoms with E-state index in [1.165, 1.54) is 12.1 Å². The van der Waals surface area contributed by atoms with Gasteiger partial charge in [-0.15, -0.1) is 0 Å². The monoisotopic (exact) mass is 209 g/mol. The van der Waals surface area contributed by atoms with E-state index >= 15 is 0 Å². The maximum Gasteiger partial charge on any atom is 0.120 e. The second-order valence-electron chi connectivity index (χ2n) is 3.77. The van der Waals surface area contributed by atoms with Gasteiger partial charge in [0.1, 0.15) is 11.5 Å². The van der Waals surface area contributed by atoms with Gasteiger partial charge in [-0.1, -0.05) is 13.3 Å². The Labute approximate surface area is 90.8 Å². The predicted molar refractivity (Wildman–Crippen MR) is 61.1 cm³/mol. The van der Waals surface area contributed by atoms with Crippen LogP contribution in [-0.2, 0) is 0 Å². The molecule has 0 aliphatic rings. The summed E-state index contributed by atoms with van der Waals surface area (Å²) in [4.78, 5) is 0. The molecule has 3 heteroatoms. The molecule has 0 fully saturated rings. The molecule has 0 radical (unpaired) electrons. The molecule has 0 amide bonds. The van der Waals surface area contributed by atoms with Crippen LogP contribution in [-0.4, -0.2) is 16.8 Å². The first-order valence-electron chi connectivity index (χ1n) is 5.40. The zero-order chi connectivity index (χ0) is 11.3. The number of benzene rings is 1. The molecule has 1 unspecified atom stereocenters. The van der Waals surface area contributed by atoms with Crippen molar-refractivity contribution in [1.82, 2.24) is 5.32 Å². The molecule has 0 bridgehead atoms. The van der Waals surface area contributed by atoms with E-state index in [4.69, 9.17) is 0 Å². The first-order valence-corrected chi connectivity index (χ1v) is 5.40. The van der Waals surface area contributed by atoms with Gasteiger partial charge < -0.3 is 15.5 Å². The molecule has 0 aromatic heterocycles. The molecule has 3 N–H and O–H groups in total. The average molecular weight is 209 g/mol. The molecule has 0 saturated heterocycles. The minimum Gasteiger partial charge on any atom is -0.508 e. The number of phenols is 2. The molecule has 1 rings (SSSR count). The van der Waals surface area contributed by atoms with E-state index in [2.05, 4.69) is 12.2 Å². The summed E-state index contributed by atoms with van der Waals surface area (Å²) < 4.78 is 0. The van der Waals surface area contributed by atoms with Gasteiger partial charge in [0.2, 0.25) is 0 Å². The standard InChI is InChI=1S/C12H19NO2/c1-3-4-7-13-9(2)11-8-10(14)5-6-12(11)15/h5-6,8-9,13-15H,3-4,7H2,1-2H3. The van der Waals surface area contributed by atoms with Crippen molar-refractivity contribution < 1.29 is 10.2 Å². The summed E-state index contributed by atoms with van der Waals surface area (Å²) in [7, 11) is 0. The van der Waals surface area contributed by atoms with Crippen molar-refractivity contribution in [2.75, 3.05) is 6.54 Å². The lowest BCUT2D eigenvalue weighted by Crippen LogP contribution is -2.19. The number of hydrogen-bond donors (Lipinski definition) is 3. The smallest absolute Gasteiger partial charge is 0.120 e. The van der Waals surface area contributed by atoms with E-state index in [-0.39, 0.29) is 17.5 Å². The van der Waals surface area contributed by atoms with Crippen LogP contribution in [0.5, 0.6) is 11.5 Å². The van der Waals surface area contributed by atoms with Crippen molar-refractivity contribution in [1.29, 1.82) is 0 Å². The summed E-state index contributed by atoms with van der Waals surface area (Å²) >= 11 is 0. The van der Waals surface area contributed by atoms with Gasteiger partial charge in [0.15, 0.2) is 0 Å². The normalized spacial score (nSPS) is 12.7. The van der Waals surface area contributed by atoms with Crippen LogP contribution in [0.3, 0.4) is 0 Å². The SMILES string of the molecule is CCCCNC(C)c1cc(O)ccc1O. The van der Waals surface area contributed by atoms with Crippen LogP contribution in [0.4, 0.5) is 0 Å². The fraction of sp³-hybridized carbons (Fsp3) is 0.500. The van der Waals surface area contributed by atoms with Crippen molar-refractivity contribution in [3.8, 4) is 11.5 Å². The molecule has 0 saturated carbocycles. The molecule has 0 heterocycles. The summed E-state index contributed by atoms with van der Waals surface area (Å²) in [6.45, 7) is 5.04. The fourth-order valence-electron chi connectivity index (χ4n) is 1.49. The highest BCUT2D eigenvalue weighted by Gasteiger charge is 2.09. The maximum atomic E-state index is 9.61. The molecule has 1 atom stereocenters. The van der Waals surface area contributed by atoms with Crippen LogP contribution in [0.2, 0.25) is 0 Å². The molecular formula is C12H19NO2. The highest BCUT2D eigenvalue weighted by molar-refractivity contribution is 5.40. The summed E-state index contributed by atoms with van der Waals surface area (Å²) in [5.74, 6) is 0.413. The number of unbranched alkanes of at least 4 members (excludes halogenated alkanes) is 1. The summed E-state index contributed by atoms with van der Waals surface area (Å²) in [5.41, 5.74) is 0.742. The van der Waals surface area contributed by atoms with Crippen molar-refractivity contribution >= 4 is 0 Å². The summed E-state index contributed by atoms with van der Waals surface area (Å²) in [6.07, 6.45) is 2.26. The van der Waals surface area contributed by atoms with Crippen LogP contribution >= 0.6 is 0 Å². The minimum absolute atomic E-state index is 0.0589. The zero-order valence-electron chi connectivity index (χ0n) is 9.33. The predicted octanol–water partition coefficient (Wildman–Crippen LogP) is 2.55. The van der Waals surface area contributed by atoms with Gasteiger partial charge in [0.25, 0.3) is 0 Å². The Morgan fingerprint density at radius 2 is 2.07 bits per heavy atom. The lowest BCUT2D eigenvalue weighted by atomic mass is 10.1. The third kappa shape index (κ3) is 3.44. The van der Waals surface area contributed by atoms with Crippen LogP contribution in [0.25, 0.3) is 0 Å². The average Bonchev–Trinajstić information content (AvgIpc) is 2.22. The molecule has 0 aliphatic carbocycles. The quantitative estimate of drug-likeness (QED) is 0.516. The van der Waals surface area contributed by atoms with Gasteiger partial charge in [0.05, 0.1) is 0 Å². The Morgan fingerprint density at radius 1 is 1.33 bits per heavy atom. The Bertz CT molecular complexity index is 312. The molecule has 1 aromatic rings. The third-order valence-corrected chi connectivity index (χ3v) is 2.46. The van der Waals surface area contributed by atoms with Crippen LogP contribution in [0.15, 0.2) is 18.2 Å². The summed E-state index contributed by atoms with van der Waals surface area (Å²) in [5, 5.41) is 22.2. The Morgan fingerprint density at radius 3 is 2.73 bits per heavy atom. The lowest BCUT2D eigenvalue weighted by molar-refractivity contribution is 0.440. The van der Waals surface area contributed by atoms with E-state index in [9.17, 15) is 10.2 Å². The third-order valence-electron chi connectivity index (χ3n) is 2.46. The highest BCUT2D eigenvalue weighted by atomic mass is 16.3. The number of phenolic OH excluding ortho intramolecular Hbond substituents is 2. The van der Waals surface area contributed by atoms with Crippen molar-refractivity contribution in [3.05, 3.63) is 23.8 Å². The van der Waals surface area contributed by atoms with E-state index in [1.807, 2.05) is 6.92 Å². The summed E-state index contributed by atoms with van der Waals surface area (Å²) in [6, 6.07) is 4.66. The zero-order valence-corrected chi connectivity index (χ0v) is 9.33. The Balaban J connectivity index is 2.64. The number of nitrogens with one attached hydrogen (secondary N) is 1. The Kier molecular flexibility index (Phi) is 4.43. The van der Waals surface area contributed by atoms with Gasteiger partial charge in [-0.25, -0.2) is 0 Å². The molecule has 84 valence electrons. The lowest BCUT2D eigenvalue weighted by Gasteiger charge is -2.15. The molecule has 0 spiro atoms. The van der Waals surface area contributed by atoms with Crippen LogP contribution in [0, 0.1) is 0 Å². The first kappa shape index (κ1) is 11.9. The second-order valence-corrected chi connectivity index (χ2v) is 3.77. The molecule has 0 aliphatic heterocycles. The van der Waals surface area contributed by atoms with Gasteiger partial charge in [-0.3, -0.25) is 0 Å². The number of hydrogen-bond acceptors (Lipinski definition) is 3. The van der Waals surface area contributed by atoms with Gasteiger partial charge >= 0.3 is 0 Å². The van der Waals surface area contributed by atoms with E-state index in [0.29, 0.717) is 0 Å². The van der Waals surface area contributed by atoms with Crippen LogP contribution in [0.1, 0.15) is 38.3 Å². The topological polar surface area (TPSA) is 52.5 Å². The first-order chi connectivity index (χ1) is 7.15. The van der Waals surface area contributed by atoms with E-state index in [0.717, 1.165) is 24.9 Å². The Hall–Kier alpha value is -1.22. The van der Waals surface area contributed by atoms with E-state index < -0.39 is 0 Å². The highest BCUT2D eigenvalue weighted by Crippen LogP contribution is 2.27. The molecular weight excluding hydrogens is 190 g/mol. The van der Waals surface area contributed by atoms with Gasteiger partial charge in [0, 0.05) is 11.6 Å². The number of aromatic hydroxyl groups is 2. The molecule has 15 heavy (non-hydrogen) atoms. The molecule has 1 aromatic carbocycles. The minimum atomic E-state index is 0.0589. The van der Waals surface area contributed by atoms with Crippen molar-refractivity contribution in [3.63, 3.8) is 0 Å². The number of rotatable bonds is 5. The van der Waals surface area contributed by atoms with Crippen LogP contribution < -0.4 is 5.32 Å². The second kappa shape index (κ2) is 5.61. The van der Waals surface area contributed by atoms with Crippen molar-refractivity contribution in [2.45, 2.75) is 32.7 Å². The van der Waals surface area contributed by atoms with Crippen molar-refractivity contribution in [2.24, 2.45) is 0 Å². The largest absolute Gasteiger partial charge is 0.508 e. The van der Waals surface area contributed by atoms with Gasteiger partial charge in [-0.05, 0) is 38.1 Å². The van der Waals surface area contributed by atoms with E-state index in [1.54, 1.807) is 6.07 Å². The van der Waals surface area contributed by atoms with Gasteiger partial charge in [-0.2, -0.15) is 0 Å².